The molecule has 0 spiro atoms. The Labute approximate surface area is 138 Å². The van der Waals surface area contributed by atoms with Crippen LogP contribution in [0.5, 0.6) is 0 Å². The first kappa shape index (κ1) is 15.0. The summed E-state index contributed by atoms with van der Waals surface area (Å²) < 4.78 is 1.76. The smallest absolute Gasteiger partial charge is 0.317 e. The van der Waals surface area contributed by atoms with E-state index in [0.29, 0.717) is 12.0 Å². The van der Waals surface area contributed by atoms with Crippen LogP contribution in [0.2, 0.25) is 0 Å². The lowest BCUT2D eigenvalue weighted by molar-refractivity contribution is -0.0616. The number of carbonyl (C=O) groups excluding carboxylic acids is 1. The average molecular weight is 316 g/mol. The molecule has 1 aromatic heterocycles. The van der Waals surface area contributed by atoms with Gasteiger partial charge in [-0.25, -0.2) is 4.79 Å². The van der Waals surface area contributed by atoms with Crippen molar-refractivity contribution in [2.45, 2.75) is 45.1 Å². The van der Waals surface area contributed by atoms with Crippen LogP contribution >= 0.6 is 0 Å². The van der Waals surface area contributed by atoms with Crippen LogP contribution in [0.25, 0.3) is 0 Å². The van der Waals surface area contributed by atoms with Crippen molar-refractivity contribution in [3.8, 4) is 0 Å². The van der Waals surface area contributed by atoms with Gasteiger partial charge in [0.15, 0.2) is 0 Å². The third-order valence-corrected chi connectivity index (χ3v) is 6.29. The molecule has 4 fully saturated rings. The number of hydrogen-bond donors (Lipinski definition) is 1. The van der Waals surface area contributed by atoms with E-state index in [2.05, 4.69) is 10.4 Å². The summed E-state index contributed by atoms with van der Waals surface area (Å²) in [5.41, 5.74) is 1.46. The molecule has 5 nitrogen and oxygen atoms in total. The summed E-state index contributed by atoms with van der Waals surface area (Å²) in [7, 11) is 3.85. The fraction of sp³-hybridized carbons (Fsp3) is 0.778. The molecule has 4 saturated carbocycles. The Morgan fingerprint density at radius 1 is 1.30 bits per heavy atom. The molecule has 5 rings (SSSR count). The second kappa shape index (κ2) is 5.53. The SMILES string of the molecule is CN(CC12CC3CC(CC(C3)C1)C2)C(=O)NCc1cnn(C)c1. The van der Waals surface area contributed by atoms with Crippen molar-refractivity contribution < 1.29 is 4.79 Å². The summed E-state index contributed by atoms with van der Waals surface area (Å²) in [5.74, 6) is 2.81. The van der Waals surface area contributed by atoms with Gasteiger partial charge in [-0.1, -0.05) is 0 Å². The summed E-state index contributed by atoms with van der Waals surface area (Å²) in [6.45, 7) is 1.48. The van der Waals surface area contributed by atoms with Crippen molar-refractivity contribution in [1.29, 1.82) is 0 Å². The topological polar surface area (TPSA) is 50.2 Å². The molecular weight excluding hydrogens is 288 g/mol. The molecule has 0 aromatic carbocycles. The predicted octanol–water partition coefficient (Wildman–Crippen LogP) is 2.78. The maximum atomic E-state index is 12.4. The molecular formula is C18H28N4O. The normalized spacial score (nSPS) is 34.6. The fourth-order valence-electron chi connectivity index (χ4n) is 5.93. The van der Waals surface area contributed by atoms with E-state index in [4.69, 9.17) is 0 Å². The lowest BCUT2D eigenvalue weighted by atomic mass is 9.49. The molecule has 0 radical (unpaired) electrons. The highest BCUT2D eigenvalue weighted by Crippen LogP contribution is 2.60. The number of carbonyl (C=O) groups is 1. The molecule has 126 valence electrons. The standard InChI is InChI=1S/C18H28N4O/c1-21(17(23)19-9-16-10-20-22(2)11-16)12-18-6-13-3-14(7-18)5-15(4-13)8-18/h10-11,13-15H,3-9,12H2,1-2H3,(H,19,23). The van der Waals surface area contributed by atoms with E-state index < -0.39 is 0 Å². The highest BCUT2D eigenvalue weighted by molar-refractivity contribution is 5.73. The maximum Gasteiger partial charge on any atom is 0.317 e. The zero-order valence-corrected chi connectivity index (χ0v) is 14.3. The highest BCUT2D eigenvalue weighted by Gasteiger charge is 2.51. The summed E-state index contributed by atoms with van der Waals surface area (Å²) in [5, 5.41) is 7.17. The lowest BCUT2D eigenvalue weighted by Crippen LogP contribution is -2.52. The first-order valence-electron chi connectivity index (χ1n) is 8.98. The summed E-state index contributed by atoms with van der Waals surface area (Å²) >= 11 is 0. The molecule has 0 atom stereocenters. The Hall–Kier alpha value is -1.52. The van der Waals surface area contributed by atoms with Crippen LogP contribution in [-0.2, 0) is 13.6 Å². The van der Waals surface area contributed by atoms with Gasteiger partial charge in [0, 0.05) is 38.9 Å². The minimum absolute atomic E-state index is 0.0459. The Kier molecular flexibility index (Phi) is 3.62. The second-order valence-electron chi connectivity index (χ2n) is 8.45. The van der Waals surface area contributed by atoms with E-state index >= 15 is 0 Å². The molecule has 4 aliphatic rings. The third kappa shape index (κ3) is 2.98. The first-order valence-corrected chi connectivity index (χ1v) is 8.98. The van der Waals surface area contributed by atoms with Gasteiger partial charge in [0.2, 0.25) is 0 Å². The van der Waals surface area contributed by atoms with E-state index in [9.17, 15) is 4.79 Å². The number of aromatic nitrogens is 2. The predicted molar refractivity (Wildman–Crippen MR) is 88.7 cm³/mol. The van der Waals surface area contributed by atoms with Crippen LogP contribution in [0.4, 0.5) is 4.79 Å². The zero-order valence-electron chi connectivity index (χ0n) is 14.3. The number of nitrogens with zero attached hydrogens (tertiary/aromatic N) is 3. The molecule has 1 heterocycles. The second-order valence-corrected chi connectivity index (χ2v) is 8.45. The van der Waals surface area contributed by atoms with Crippen molar-refractivity contribution in [2.24, 2.45) is 30.2 Å². The molecule has 0 unspecified atom stereocenters. The van der Waals surface area contributed by atoms with E-state index in [0.717, 1.165) is 29.9 Å². The van der Waals surface area contributed by atoms with Gasteiger partial charge in [0.25, 0.3) is 0 Å². The van der Waals surface area contributed by atoms with Crippen LogP contribution in [0, 0.1) is 23.2 Å². The molecule has 1 N–H and O–H groups in total. The van der Waals surface area contributed by atoms with Crippen molar-refractivity contribution >= 4 is 6.03 Å². The van der Waals surface area contributed by atoms with Gasteiger partial charge >= 0.3 is 6.03 Å². The van der Waals surface area contributed by atoms with E-state index in [1.165, 1.54) is 38.5 Å². The van der Waals surface area contributed by atoms with Gasteiger partial charge in [-0.2, -0.15) is 5.10 Å². The van der Waals surface area contributed by atoms with Gasteiger partial charge in [0.05, 0.1) is 6.20 Å². The van der Waals surface area contributed by atoms with Gasteiger partial charge in [-0.3, -0.25) is 4.68 Å². The Bertz CT molecular complexity index is 558. The number of rotatable bonds is 4. The number of nitrogens with one attached hydrogen (secondary N) is 1. The van der Waals surface area contributed by atoms with Crippen molar-refractivity contribution in [3.05, 3.63) is 18.0 Å². The van der Waals surface area contributed by atoms with Crippen molar-refractivity contribution in [2.75, 3.05) is 13.6 Å². The Morgan fingerprint density at radius 3 is 2.43 bits per heavy atom. The van der Waals surface area contributed by atoms with Gasteiger partial charge in [-0.15, -0.1) is 0 Å². The molecule has 0 aliphatic heterocycles. The minimum Gasteiger partial charge on any atom is -0.334 e. The van der Waals surface area contributed by atoms with Crippen LogP contribution < -0.4 is 5.32 Å². The molecule has 23 heavy (non-hydrogen) atoms. The van der Waals surface area contributed by atoms with Crippen LogP contribution in [0.15, 0.2) is 12.4 Å². The zero-order chi connectivity index (χ0) is 16.0. The summed E-state index contributed by atoms with van der Waals surface area (Å²) in [4.78, 5) is 14.4. The quantitative estimate of drug-likeness (QED) is 0.928. The highest BCUT2D eigenvalue weighted by atomic mass is 16.2. The summed E-state index contributed by atoms with van der Waals surface area (Å²) in [6, 6.07) is 0.0459. The van der Waals surface area contributed by atoms with Crippen molar-refractivity contribution in [1.82, 2.24) is 20.0 Å². The maximum absolute atomic E-state index is 12.4. The molecule has 1 aromatic rings. The van der Waals surface area contributed by atoms with Crippen LogP contribution in [0.3, 0.4) is 0 Å². The largest absolute Gasteiger partial charge is 0.334 e. The minimum atomic E-state index is 0.0459. The Balaban J connectivity index is 1.34. The van der Waals surface area contributed by atoms with Crippen LogP contribution in [0.1, 0.15) is 44.1 Å². The lowest BCUT2D eigenvalue weighted by Gasteiger charge is -2.57. The number of hydrogen-bond acceptors (Lipinski definition) is 2. The van der Waals surface area contributed by atoms with Crippen molar-refractivity contribution in [3.63, 3.8) is 0 Å². The fourth-order valence-corrected chi connectivity index (χ4v) is 5.93. The number of aryl methyl sites for hydroxylation is 1. The third-order valence-electron chi connectivity index (χ3n) is 6.29. The monoisotopic (exact) mass is 316 g/mol. The average Bonchev–Trinajstić information content (AvgIpc) is 2.88. The molecule has 2 amide bonds. The van der Waals surface area contributed by atoms with Gasteiger partial charge in [-0.05, 0) is 61.7 Å². The molecule has 5 heteroatoms. The number of amides is 2. The van der Waals surface area contributed by atoms with E-state index in [1.807, 2.05) is 25.2 Å². The van der Waals surface area contributed by atoms with Gasteiger partial charge in [0.1, 0.15) is 0 Å². The van der Waals surface area contributed by atoms with E-state index in [-0.39, 0.29) is 6.03 Å². The summed E-state index contributed by atoms with van der Waals surface area (Å²) in [6.07, 6.45) is 12.2. The van der Waals surface area contributed by atoms with E-state index in [1.54, 1.807) is 10.9 Å². The van der Waals surface area contributed by atoms with Gasteiger partial charge < -0.3 is 10.2 Å². The molecule has 4 aliphatic carbocycles. The molecule has 0 saturated heterocycles. The first-order chi connectivity index (χ1) is 11.0. The number of urea groups is 1. The van der Waals surface area contributed by atoms with Crippen LogP contribution in [-0.4, -0.2) is 34.3 Å². The Morgan fingerprint density at radius 2 is 1.91 bits per heavy atom. The molecule has 4 bridgehead atoms.